The van der Waals surface area contributed by atoms with Crippen molar-refractivity contribution in [3.05, 3.63) is 70.6 Å². The molecule has 142 valence electrons. The van der Waals surface area contributed by atoms with Crippen molar-refractivity contribution in [2.75, 3.05) is 26.2 Å². The number of piperazine rings is 1. The van der Waals surface area contributed by atoms with E-state index in [-0.39, 0.29) is 6.61 Å². The average Bonchev–Trinajstić information content (AvgIpc) is 3.39. The molecule has 0 saturated carbocycles. The van der Waals surface area contributed by atoms with E-state index in [0.29, 0.717) is 6.04 Å². The molecule has 1 aromatic carbocycles. The fraction of sp³-hybridized carbons (Fsp3) is 0.364. The molecule has 3 heterocycles. The summed E-state index contributed by atoms with van der Waals surface area (Å²) in [4.78, 5) is 6.43. The van der Waals surface area contributed by atoms with E-state index in [2.05, 4.69) is 51.6 Å². The monoisotopic (exact) mass is 382 g/mol. The maximum atomic E-state index is 9.55. The van der Waals surface area contributed by atoms with Gasteiger partial charge in [-0.1, -0.05) is 30.3 Å². The van der Waals surface area contributed by atoms with Crippen molar-refractivity contribution in [3.63, 3.8) is 0 Å². The van der Waals surface area contributed by atoms with E-state index in [1.54, 1.807) is 6.26 Å². The van der Waals surface area contributed by atoms with Crippen LogP contribution in [0.1, 0.15) is 16.9 Å². The highest BCUT2D eigenvalue weighted by Crippen LogP contribution is 2.26. The molecule has 4 rings (SSSR count). The van der Waals surface area contributed by atoms with Crippen molar-refractivity contribution in [1.82, 2.24) is 9.80 Å². The molecular weight excluding hydrogens is 356 g/mol. The smallest absolute Gasteiger partial charge is 0.134 e. The van der Waals surface area contributed by atoms with Crippen molar-refractivity contribution >= 4 is 11.3 Å². The number of aliphatic hydroxyl groups excluding tert-OH is 1. The third kappa shape index (κ3) is 4.50. The van der Waals surface area contributed by atoms with Gasteiger partial charge in [0.25, 0.3) is 0 Å². The summed E-state index contributed by atoms with van der Waals surface area (Å²) in [6.45, 7) is 5.19. The van der Waals surface area contributed by atoms with Crippen LogP contribution >= 0.6 is 11.3 Å². The second-order valence-corrected chi connectivity index (χ2v) is 8.12. The van der Waals surface area contributed by atoms with Crippen molar-refractivity contribution in [3.8, 4) is 11.3 Å². The second kappa shape index (κ2) is 8.85. The Morgan fingerprint density at radius 2 is 1.96 bits per heavy atom. The number of thiophene rings is 1. The van der Waals surface area contributed by atoms with Gasteiger partial charge in [0.05, 0.1) is 6.26 Å². The van der Waals surface area contributed by atoms with Gasteiger partial charge in [0, 0.05) is 55.8 Å². The normalized spacial score (nSPS) is 18.8. The SMILES string of the molecule is OCC[C@H]1CN(Cc2ccccc2-c2ccco2)CCN1Cc1cccs1. The molecule has 1 saturated heterocycles. The summed E-state index contributed by atoms with van der Waals surface area (Å²) >= 11 is 1.81. The Balaban J connectivity index is 1.45. The lowest BCUT2D eigenvalue weighted by Crippen LogP contribution is -2.52. The molecule has 1 aliphatic heterocycles. The number of furan rings is 1. The van der Waals surface area contributed by atoms with Gasteiger partial charge in [-0.25, -0.2) is 0 Å². The third-order valence-corrected chi connectivity index (χ3v) is 6.15. The Hall–Kier alpha value is -1.92. The molecule has 2 aromatic heterocycles. The molecule has 0 bridgehead atoms. The molecule has 0 aliphatic carbocycles. The van der Waals surface area contributed by atoms with E-state index in [9.17, 15) is 5.11 Å². The summed E-state index contributed by atoms with van der Waals surface area (Å²) < 4.78 is 5.63. The van der Waals surface area contributed by atoms with Gasteiger partial charge in [-0.3, -0.25) is 9.80 Å². The Bertz CT molecular complexity index is 817. The van der Waals surface area contributed by atoms with Crippen LogP contribution in [0.3, 0.4) is 0 Å². The number of aliphatic hydroxyl groups is 1. The zero-order chi connectivity index (χ0) is 18.5. The Morgan fingerprint density at radius 3 is 2.74 bits per heavy atom. The quantitative estimate of drug-likeness (QED) is 0.668. The summed E-state index contributed by atoms with van der Waals surface area (Å²) in [6, 6.07) is 17.1. The number of rotatable bonds is 7. The van der Waals surface area contributed by atoms with Gasteiger partial charge in [0.2, 0.25) is 0 Å². The molecule has 4 nitrogen and oxygen atoms in total. The van der Waals surface area contributed by atoms with Gasteiger partial charge in [-0.15, -0.1) is 11.3 Å². The summed E-state index contributed by atoms with van der Waals surface area (Å²) in [5, 5.41) is 11.7. The highest BCUT2D eigenvalue weighted by molar-refractivity contribution is 7.09. The molecular formula is C22H26N2O2S. The number of nitrogens with zero attached hydrogens (tertiary/aromatic N) is 2. The summed E-state index contributed by atoms with van der Waals surface area (Å²) in [5.41, 5.74) is 2.46. The molecule has 5 heteroatoms. The van der Waals surface area contributed by atoms with Crippen LogP contribution in [0.25, 0.3) is 11.3 Å². The van der Waals surface area contributed by atoms with Gasteiger partial charge in [0.1, 0.15) is 5.76 Å². The average molecular weight is 383 g/mol. The lowest BCUT2D eigenvalue weighted by atomic mass is 10.0. The molecule has 0 spiro atoms. The zero-order valence-corrected chi connectivity index (χ0v) is 16.3. The van der Waals surface area contributed by atoms with Crippen LogP contribution in [0.4, 0.5) is 0 Å². The van der Waals surface area contributed by atoms with E-state index in [4.69, 9.17) is 4.42 Å². The highest BCUT2D eigenvalue weighted by atomic mass is 32.1. The maximum absolute atomic E-state index is 9.55. The minimum atomic E-state index is 0.239. The van der Waals surface area contributed by atoms with Gasteiger partial charge in [-0.2, -0.15) is 0 Å². The first-order valence-electron chi connectivity index (χ1n) is 9.55. The first-order valence-corrected chi connectivity index (χ1v) is 10.4. The second-order valence-electron chi connectivity index (χ2n) is 7.09. The van der Waals surface area contributed by atoms with Crippen LogP contribution in [0, 0.1) is 0 Å². The van der Waals surface area contributed by atoms with Crippen LogP contribution < -0.4 is 0 Å². The molecule has 1 fully saturated rings. The molecule has 27 heavy (non-hydrogen) atoms. The Morgan fingerprint density at radius 1 is 1.04 bits per heavy atom. The lowest BCUT2D eigenvalue weighted by molar-refractivity contribution is 0.0507. The van der Waals surface area contributed by atoms with Crippen LogP contribution in [0.15, 0.2) is 64.6 Å². The van der Waals surface area contributed by atoms with Crippen LogP contribution in [0.5, 0.6) is 0 Å². The fourth-order valence-corrected chi connectivity index (χ4v) is 4.64. The number of hydrogen-bond donors (Lipinski definition) is 1. The molecule has 1 aliphatic rings. The van der Waals surface area contributed by atoms with E-state index in [0.717, 1.165) is 44.9 Å². The molecule has 0 radical (unpaired) electrons. The predicted octanol–water partition coefficient (Wildman–Crippen LogP) is 4.08. The van der Waals surface area contributed by atoms with Crippen molar-refractivity contribution in [1.29, 1.82) is 0 Å². The van der Waals surface area contributed by atoms with Crippen LogP contribution in [0.2, 0.25) is 0 Å². The Labute approximate surface area is 164 Å². The molecule has 1 N–H and O–H groups in total. The molecule has 0 amide bonds. The van der Waals surface area contributed by atoms with Crippen molar-refractivity contribution < 1.29 is 9.52 Å². The standard InChI is InChI=1S/C22H26N2O2S/c25-12-9-19-16-23(10-11-24(19)17-20-6-4-14-27-20)15-18-5-1-2-7-21(18)22-8-3-13-26-22/h1-8,13-14,19,25H,9-12,15-17H2/t19-/m0/s1. The fourth-order valence-electron chi connectivity index (χ4n) is 3.91. The molecule has 1 atom stereocenters. The van der Waals surface area contributed by atoms with Gasteiger partial charge >= 0.3 is 0 Å². The van der Waals surface area contributed by atoms with E-state index in [1.807, 2.05) is 23.5 Å². The highest BCUT2D eigenvalue weighted by Gasteiger charge is 2.27. The molecule has 0 unspecified atom stereocenters. The number of hydrogen-bond acceptors (Lipinski definition) is 5. The number of benzene rings is 1. The molecule has 3 aromatic rings. The first kappa shape index (κ1) is 18.4. The topological polar surface area (TPSA) is 39.9 Å². The minimum absolute atomic E-state index is 0.239. The van der Waals surface area contributed by atoms with E-state index in [1.165, 1.54) is 16.0 Å². The minimum Gasteiger partial charge on any atom is -0.464 e. The van der Waals surface area contributed by atoms with E-state index >= 15 is 0 Å². The van der Waals surface area contributed by atoms with Gasteiger partial charge < -0.3 is 9.52 Å². The first-order chi connectivity index (χ1) is 13.3. The summed E-state index contributed by atoms with van der Waals surface area (Å²) in [5.74, 6) is 0.925. The van der Waals surface area contributed by atoms with Crippen LogP contribution in [-0.4, -0.2) is 47.2 Å². The van der Waals surface area contributed by atoms with E-state index < -0.39 is 0 Å². The Kier molecular flexibility index (Phi) is 6.04. The van der Waals surface area contributed by atoms with Gasteiger partial charge in [-0.05, 0) is 35.6 Å². The van der Waals surface area contributed by atoms with Gasteiger partial charge in [0.15, 0.2) is 0 Å². The zero-order valence-electron chi connectivity index (χ0n) is 15.5. The van der Waals surface area contributed by atoms with Crippen molar-refractivity contribution in [2.45, 2.75) is 25.6 Å². The summed E-state index contributed by atoms with van der Waals surface area (Å²) in [7, 11) is 0. The third-order valence-electron chi connectivity index (χ3n) is 5.29. The van der Waals surface area contributed by atoms with Crippen LogP contribution in [-0.2, 0) is 13.1 Å². The summed E-state index contributed by atoms with van der Waals surface area (Å²) in [6.07, 6.45) is 2.55. The van der Waals surface area contributed by atoms with Crippen molar-refractivity contribution in [2.24, 2.45) is 0 Å². The largest absolute Gasteiger partial charge is 0.464 e. The lowest BCUT2D eigenvalue weighted by Gasteiger charge is -2.41. The predicted molar refractivity (Wildman–Crippen MR) is 110 cm³/mol. The maximum Gasteiger partial charge on any atom is 0.134 e.